The van der Waals surface area contributed by atoms with Gasteiger partial charge < -0.3 is 9.67 Å². The third kappa shape index (κ3) is 4.11. The summed E-state index contributed by atoms with van der Waals surface area (Å²) >= 11 is 3.37. The molecule has 0 bridgehead atoms. The van der Waals surface area contributed by atoms with E-state index >= 15 is 0 Å². The van der Waals surface area contributed by atoms with Gasteiger partial charge in [0.05, 0.1) is 18.3 Å². The number of fused-ring (bicyclic) bond motifs is 1. The van der Waals surface area contributed by atoms with E-state index in [1.807, 2.05) is 36.4 Å². The second-order valence-electron chi connectivity index (χ2n) is 7.11. The predicted octanol–water partition coefficient (Wildman–Crippen LogP) is 5.34. The lowest BCUT2D eigenvalue weighted by molar-refractivity contribution is 0.0697. The van der Waals surface area contributed by atoms with Crippen LogP contribution in [0.4, 0.5) is 0 Å². The van der Waals surface area contributed by atoms with Crippen LogP contribution in [-0.4, -0.2) is 30.6 Å². The van der Waals surface area contributed by atoms with E-state index in [-0.39, 0.29) is 0 Å². The summed E-state index contributed by atoms with van der Waals surface area (Å²) in [4.78, 5) is 25.2. The molecule has 2 aromatic carbocycles. The molecule has 0 aliphatic carbocycles. The number of aromatic carboxylic acids is 1. The fourth-order valence-corrected chi connectivity index (χ4v) is 3.78. The van der Waals surface area contributed by atoms with Crippen LogP contribution in [-0.2, 0) is 13.0 Å². The summed E-state index contributed by atoms with van der Waals surface area (Å²) in [5, 5.41) is 9.45. The van der Waals surface area contributed by atoms with E-state index in [9.17, 15) is 9.90 Å². The standard InChI is InChI=1S/C23H21BrN4O2/c1-2-3-8-20-27-21-22(25-13-19(24)26-21)28(20)14-15-9-11-16(12-10-15)17-6-4-5-7-18(17)23(29)30/h4-7,9-13H,2-3,8,14H2,1H3,(H,29,30). The molecule has 1 N–H and O–H groups in total. The van der Waals surface area contributed by atoms with Gasteiger partial charge in [0.2, 0.25) is 0 Å². The van der Waals surface area contributed by atoms with Crippen LogP contribution in [0.2, 0.25) is 0 Å². The van der Waals surface area contributed by atoms with E-state index in [0.29, 0.717) is 27.9 Å². The third-order valence-electron chi connectivity index (χ3n) is 5.03. The van der Waals surface area contributed by atoms with Gasteiger partial charge in [-0.25, -0.2) is 19.7 Å². The average molecular weight is 465 g/mol. The molecule has 0 unspecified atom stereocenters. The zero-order chi connectivity index (χ0) is 21.1. The summed E-state index contributed by atoms with van der Waals surface area (Å²) in [5.74, 6) is 0.0510. The molecule has 0 spiro atoms. The predicted molar refractivity (Wildman–Crippen MR) is 120 cm³/mol. The molecule has 0 aliphatic heterocycles. The molecule has 2 aromatic heterocycles. The molecule has 0 saturated carbocycles. The van der Waals surface area contributed by atoms with Gasteiger partial charge in [-0.1, -0.05) is 55.8 Å². The zero-order valence-corrected chi connectivity index (χ0v) is 18.1. The molecule has 6 nitrogen and oxygen atoms in total. The fourth-order valence-electron chi connectivity index (χ4n) is 3.51. The van der Waals surface area contributed by atoms with E-state index < -0.39 is 5.97 Å². The van der Waals surface area contributed by atoms with Crippen LogP contribution in [0, 0.1) is 0 Å². The minimum Gasteiger partial charge on any atom is -0.478 e. The fraction of sp³-hybridized carbons (Fsp3) is 0.217. The van der Waals surface area contributed by atoms with E-state index in [4.69, 9.17) is 4.98 Å². The number of benzene rings is 2. The topological polar surface area (TPSA) is 80.9 Å². The molecule has 2 heterocycles. The van der Waals surface area contributed by atoms with Crippen molar-refractivity contribution < 1.29 is 9.90 Å². The second kappa shape index (κ2) is 8.75. The summed E-state index contributed by atoms with van der Waals surface area (Å²) in [6, 6.07) is 15.0. The molecule has 0 aliphatic rings. The minimum absolute atomic E-state index is 0.300. The Labute approximate surface area is 182 Å². The van der Waals surface area contributed by atoms with Crippen molar-refractivity contribution in [3.63, 3.8) is 0 Å². The highest BCUT2D eigenvalue weighted by Gasteiger charge is 2.15. The van der Waals surface area contributed by atoms with Crippen LogP contribution >= 0.6 is 15.9 Å². The van der Waals surface area contributed by atoms with Crippen LogP contribution < -0.4 is 0 Å². The Morgan fingerprint density at radius 3 is 2.60 bits per heavy atom. The van der Waals surface area contributed by atoms with Gasteiger partial charge in [0.25, 0.3) is 0 Å². The molecule has 4 aromatic rings. The number of hydrogen-bond acceptors (Lipinski definition) is 4. The highest BCUT2D eigenvalue weighted by molar-refractivity contribution is 9.10. The van der Waals surface area contributed by atoms with Crippen molar-refractivity contribution >= 4 is 33.2 Å². The molecule has 0 atom stereocenters. The molecule has 0 fully saturated rings. The first kappa shape index (κ1) is 20.2. The van der Waals surface area contributed by atoms with Crippen LogP contribution in [0.25, 0.3) is 22.4 Å². The number of rotatable bonds is 7. The van der Waals surface area contributed by atoms with Gasteiger partial charge in [0, 0.05) is 6.42 Å². The Hall–Kier alpha value is -3.06. The number of carboxylic acids is 1. The normalized spacial score (nSPS) is 11.1. The molecular formula is C23H21BrN4O2. The third-order valence-corrected chi connectivity index (χ3v) is 5.41. The molecule has 0 radical (unpaired) electrons. The summed E-state index contributed by atoms with van der Waals surface area (Å²) < 4.78 is 2.79. The van der Waals surface area contributed by atoms with E-state index in [0.717, 1.165) is 41.9 Å². The number of hydrogen-bond donors (Lipinski definition) is 1. The molecule has 0 saturated heterocycles. The average Bonchev–Trinajstić information content (AvgIpc) is 3.09. The first-order valence-electron chi connectivity index (χ1n) is 9.86. The number of aromatic nitrogens is 4. The number of carboxylic acid groups (broad SMARTS) is 1. The van der Waals surface area contributed by atoms with Crippen molar-refractivity contribution in [2.75, 3.05) is 0 Å². The lowest BCUT2D eigenvalue weighted by Gasteiger charge is -2.10. The van der Waals surface area contributed by atoms with Crippen molar-refractivity contribution in [3.05, 3.63) is 76.3 Å². The van der Waals surface area contributed by atoms with Crippen LogP contribution in [0.3, 0.4) is 0 Å². The molecule has 4 rings (SSSR count). The Kier molecular flexibility index (Phi) is 5.90. The molecule has 0 amide bonds. The van der Waals surface area contributed by atoms with Gasteiger partial charge in [-0.15, -0.1) is 0 Å². The SMILES string of the molecule is CCCCc1nc2nc(Br)cnc2n1Cc1ccc(-c2ccccc2C(=O)O)cc1. The minimum atomic E-state index is -0.926. The smallest absolute Gasteiger partial charge is 0.336 e. The quantitative estimate of drug-likeness (QED) is 0.398. The maximum Gasteiger partial charge on any atom is 0.336 e. The monoisotopic (exact) mass is 464 g/mol. The van der Waals surface area contributed by atoms with Gasteiger partial charge in [0.1, 0.15) is 10.4 Å². The number of nitrogens with zero attached hydrogens (tertiary/aromatic N) is 4. The zero-order valence-electron chi connectivity index (χ0n) is 16.5. The number of aryl methyl sites for hydroxylation is 1. The number of imidazole rings is 1. The molecular weight excluding hydrogens is 444 g/mol. The number of carbonyl (C=O) groups is 1. The van der Waals surface area contributed by atoms with Crippen LogP contribution in [0.15, 0.2) is 59.3 Å². The van der Waals surface area contributed by atoms with Gasteiger partial charge >= 0.3 is 5.97 Å². The maximum absolute atomic E-state index is 11.5. The van der Waals surface area contributed by atoms with Crippen molar-refractivity contribution in [1.82, 2.24) is 19.5 Å². The van der Waals surface area contributed by atoms with Gasteiger partial charge in [-0.3, -0.25) is 0 Å². The van der Waals surface area contributed by atoms with Crippen LogP contribution in [0.5, 0.6) is 0 Å². The second-order valence-corrected chi connectivity index (χ2v) is 7.92. The highest BCUT2D eigenvalue weighted by atomic mass is 79.9. The highest BCUT2D eigenvalue weighted by Crippen LogP contribution is 2.25. The van der Waals surface area contributed by atoms with Gasteiger partial charge in [-0.2, -0.15) is 0 Å². The van der Waals surface area contributed by atoms with Gasteiger partial charge in [0.15, 0.2) is 11.3 Å². The lowest BCUT2D eigenvalue weighted by Crippen LogP contribution is -2.06. The van der Waals surface area contributed by atoms with E-state index in [1.54, 1.807) is 18.3 Å². The summed E-state index contributed by atoms with van der Waals surface area (Å²) in [6.07, 6.45) is 4.70. The van der Waals surface area contributed by atoms with Crippen molar-refractivity contribution in [1.29, 1.82) is 0 Å². The summed E-state index contributed by atoms with van der Waals surface area (Å²) in [6.45, 7) is 2.79. The molecule has 7 heteroatoms. The number of unbranched alkanes of at least 4 members (excludes halogenated alkanes) is 1. The molecule has 30 heavy (non-hydrogen) atoms. The Bertz CT molecular complexity index is 1200. The Balaban J connectivity index is 1.67. The van der Waals surface area contributed by atoms with Crippen molar-refractivity contribution in [2.45, 2.75) is 32.7 Å². The van der Waals surface area contributed by atoms with Gasteiger partial charge in [-0.05, 0) is 45.1 Å². The van der Waals surface area contributed by atoms with Crippen molar-refractivity contribution in [3.8, 4) is 11.1 Å². The first-order valence-corrected chi connectivity index (χ1v) is 10.7. The summed E-state index contributed by atoms with van der Waals surface area (Å²) in [5.41, 5.74) is 4.39. The molecule has 152 valence electrons. The summed E-state index contributed by atoms with van der Waals surface area (Å²) in [7, 11) is 0. The first-order chi connectivity index (χ1) is 14.6. The maximum atomic E-state index is 11.5. The lowest BCUT2D eigenvalue weighted by atomic mass is 9.99. The largest absolute Gasteiger partial charge is 0.478 e. The Morgan fingerprint density at radius 1 is 1.10 bits per heavy atom. The van der Waals surface area contributed by atoms with Crippen molar-refractivity contribution in [2.24, 2.45) is 0 Å². The number of halogens is 1. The van der Waals surface area contributed by atoms with Crippen LogP contribution in [0.1, 0.15) is 41.5 Å². The van der Waals surface area contributed by atoms with E-state index in [2.05, 4.69) is 37.4 Å². The Morgan fingerprint density at radius 2 is 1.87 bits per heavy atom. The van der Waals surface area contributed by atoms with E-state index in [1.165, 1.54) is 0 Å².